The van der Waals surface area contributed by atoms with Gasteiger partial charge in [0.1, 0.15) is 5.75 Å². The number of H-pyrrole nitrogens is 1. The third-order valence-corrected chi connectivity index (χ3v) is 4.08. The molecule has 0 bridgehead atoms. The Balaban J connectivity index is 2.12. The molecule has 2 heterocycles. The van der Waals surface area contributed by atoms with Crippen molar-refractivity contribution in [2.45, 2.75) is 12.3 Å². The van der Waals surface area contributed by atoms with Gasteiger partial charge >= 0.3 is 0 Å². The van der Waals surface area contributed by atoms with Crippen LogP contribution >= 0.6 is 0 Å². The summed E-state index contributed by atoms with van der Waals surface area (Å²) in [6, 6.07) is 10.3. The minimum absolute atomic E-state index is 0.306. The minimum atomic E-state index is 0.306. The Hall–Kier alpha value is -2.33. The molecule has 4 nitrogen and oxygen atoms in total. The number of hydrogen-bond donors (Lipinski definition) is 2. The first-order chi connectivity index (χ1) is 10.8. The van der Waals surface area contributed by atoms with Gasteiger partial charge in [-0.15, -0.1) is 0 Å². The molecule has 2 aromatic heterocycles. The summed E-state index contributed by atoms with van der Waals surface area (Å²) < 4.78 is 5.57. The van der Waals surface area contributed by atoms with Crippen LogP contribution < -0.4 is 10.1 Å². The van der Waals surface area contributed by atoms with Gasteiger partial charge < -0.3 is 15.0 Å². The van der Waals surface area contributed by atoms with Crippen LogP contribution in [0.4, 0.5) is 0 Å². The number of ether oxygens (including phenoxy) is 1. The number of pyridine rings is 1. The molecule has 0 unspecified atom stereocenters. The van der Waals surface area contributed by atoms with Gasteiger partial charge in [-0.1, -0.05) is 6.07 Å². The first-order valence-electron chi connectivity index (χ1n) is 7.53. The number of methoxy groups -OCH3 is 1. The molecule has 0 fully saturated rings. The molecule has 0 saturated heterocycles. The zero-order chi connectivity index (χ0) is 15.4. The summed E-state index contributed by atoms with van der Waals surface area (Å²) >= 11 is 0. The predicted molar refractivity (Wildman–Crippen MR) is 89.5 cm³/mol. The van der Waals surface area contributed by atoms with Crippen molar-refractivity contribution in [1.82, 2.24) is 15.3 Å². The Morgan fingerprint density at radius 1 is 1.23 bits per heavy atom. The van der Waals surface area contributed by atoms with Crippen LogP contribution in [0.1, 0.15) is 23.5 Å². The molecule has 22 heavy (non-hydrogen) atoms. The zero-order valence-corrected chi connectivity index (χ0v) is 13.0. The van der Waals surface area contributed by atoms with Crippen LogP contribution in [0, 0.1) is 0 Å². The predicted octanol–water partition coefficient (Wildman–Crippen LogP) is 3.31. The number of nitrogens with zero attached hydrogens (tertiary/aromatic N) is 1. The standard InChI is InChI=1S/C18H21N3O/c1-19-9-8-14(13-6-10-20-11-7-13)15-12-21-16-4-3-5-17(22-2)18(15)16/h3-7,10-12,14,19,21H,8-9H2,1-2H3/t14-/m1/s1. The van der Waals surface area contributed by atoms with E-state index in [2.05, 4.69) is 39.7 Å². The average Bonchev–Trinajstić information content (AvgIpc) is 3.00. The Bertz CT molecular complexity index is 736. The number of aromatic amines is 1. The number of aromatic nitrogens is 2. The highest BCUT2D eigenvalue weighted by Crippen LogP contribution is 2.37. The van der Waals surface area contributed by atoms with Gasteiger partial charge in [-0.3, -0.25) is 4.98 Å². The van der Waals surface area contributed by atoms with Gasteiger partial charge in [0.15, 0.2) is 0 Å². The Kier molecular flexibility index (Phi) is 4.39. The molecule has 1 atom stereocenters. The quantitative estimate of drug-likeness (QED) is 0.733. The van der Waals surface area contributed by atoms with Gasteiger partial charge in [0.25, 0.3) is 0 Å². The molecule has 3 rings (SSSR count). The highest BCUT2D eigenvalue weighted by Gasteiger charge is 2.19. The van der Waals surface area contributed by atoms with E-state index in [1.54, 1.807) is 7.11 Å². The lowest BCUT2D eigenvalue weighted by atomic mass is 9.88. The molecule has 0 aliphatic rings. The van der Waals surface area contributed by atoms with Gasteiger partial charge in [-0.2, -0.15) is 0 Å². The molecule has 1 aromatic carbocycles. The lowest BCUT2D eigenvalue weighted by molar-refractivity contribution is 0.419. The number of hydrogen-bond acceptors (Lipinski definition) is 3. The Morgan fingerprint density at radius 2 is 2.05 bits per heavy atom. The number of nitrogens with one attached hydrogen (secondary N) is 2. The normalized spacial score (nSPS) is 12.5. The van der Waals surface area contributed by atoms with Crippen molar-refractivity contribution in [3.63, 3.8) is 0 Å². The van der Waals surface area contributed by atoms with Gasteiger partial charge in [-0.25, -0.2) is 0 Å². The van der Waals surface area contributed by atoms with Crippen molar-refractivity contribution >= 4 is 10.9 Å². The fourth-order valence-corrected chi connectivity index (χ4v) is 3.01. The highest BCUT2D eigenvalue weighted by molar-refractivity contribution is 5.90. The summed E-state index contributed by atoms with van der Waals surface area (Å²) in [5.74, 6) is 1.22. The number of benzene rings is 1. The topological polar surface area (TPSA) is 49.9 Å². The van der Waals surface area contributed by atoms with Gasteiger partial charge in [0.05, 0.1) is 7.11 Å². The molecular weight excluding hydrogens is 274 g/mol. The molecule has 4 heteroatoms. The van der Waals surface area contributed by atoms with Crippen molar-refractivity contribution in [1.29, 1.82) is 0 Å². The van der Waals surface area contributed by atoms with Crippen molar-refractivity contribution in [2.24, 2.45) is 0 Å². The van der Waals surface area contributed by atoms with Crippen molar-refractivity contribution in [3.05, 3.63) is 60.0 Å². The van der Waals surface area contributed by atoms with Crippen LogP contribution in [0.15, 0.2) is 48.9 Å². The summed E-state index contributed by atoms with van der Waals surface area (Å²) in [5, 5.41) is 4.42. The SMILES string of the molecule is CNCC[C@H](c1ccncc1)c1c[nH]c2cccc(OC)c12. The highest BCUT2D eigenvalue weighted by atomic mass is 16.5. The molecule has 0 aliphatic carbocycles. The fraction of sp³-hybridized carbons (Fsp3) is 0.278. The maximum absolute atomic E-state index is 5.57. The summed E-state index contributed by atoms with van der Waals surface area (Å²) in [6.07, 6.45) is 6.83. The molecule has 0 amide bonds. The average molecular weight is 295 g/mol. The van der Waals surface area contributed by atoms with E-state index in [1.807, 2.05) is 31.6 Å². The van der Waals surface area contributed by atoms with Crippen LogP contribution in [-0.4, -0.2) is 30.7 Å². The van der Waals surface area contributed by atoms with Crippen LogP contribution in [0.5, 0.6) is 5.75 Å². The lowest BCUT2D eigenvalue weighted by Gasteiger charge is -2.17. The van der Waals surface area contributed by atoms with E-state index in [0.717, 1.165) is 24.2 Å². The van der Waals surface area contributed by atoms with E-state index in [-0.39, 0.29) is 0 Å². The molecule has 0 spiro atoms. The fourth-order valence-electron chi connectivity index (χ4n) is 3.01. The van der Waals surface area contributed by atoms with Crippen LogP contribution in [0.3, 0.4) is 0 Å². The second-order valence-electron chi connectivity index (χ2n) is 5.35. The third-order valence-electron chi connectivity index (χ3n) is 4.08. The second-order valence-corrected chi connectivity index (χ2v) is 5.35. The van der Waals surface area contributed by atoms with E-state index in [4.69, 9.17) is 4.74 Å². The molecule has 3 aromatic rings. The lowest BCUT2D eigenvalue weighted by Crippen LogP contribution is -2.13. The first-order valence-corrected chi connectivity index (χ1v) is 7.53. The maximum atomic E-state index is 5.57. The van der Waals surface area contributed by atoms with E-state index in [1.165, 1.54) is 16.5 Å². The number of rotatable bonds is 6. The molecule has 2 N–H and O–H groups in total. The van der Waals surface area contributed by atoms with Crippen molar-refractivity contribution < 1.29 is 4.74 Å². The van der Waals surface area contributed by atoms with Crippen molar-refractivity contribution in [2.75, 3.05) is 20.7 Å². The van der Waals surface area contributed by atoms with Gasteiger partial charge in [-0.05, 0) is 55.4 Å². The number of fused-ring (bicyclic) bond motifs is 1. The monoisotopic (exact) mass is 295 g/mol. The van der Waals surface area contributed by atoms with Crippen LogP contribution in [0.2, 0.25) is 0 Å². The van der Waals surface area contributed by atoms with Crippen molar-refractivity contribution in [3.8, 4) is 5.75 Å². The molecule has 114 valence electrons. The Morgan fingerprint density at radius 3 is 2.77 bits per heavy atom. The molecule has 0 saturated carbocycles. The van der Waals surface area contributed by atoms with E-state index in [0.29, 0.717) is 5.92 Å². The largest absolute Gasteiger partial charge is 0.496 e. The molecule has 0 aliphatic heterocycles. The summed E-state index contributed by atoms with van der Waals surface area (Å²) in [6.45, 7) is 0.953. The maximum Gasteiger partial charge on any atom is 0.128 e. The molecular formula is C18H21N3O. The van der Waals surface area contributed by atoms with Crippen LogP contribution in [0.25, 0.3) is 10.9 Å². The van der Waals surface area contributed by atoms with Crippen LogP contribution in [-0.2, 0) is 0 Å². The molecule has 0 radical (unpaired) electrons. The van der Waals surface area contributed by atoms with E-state index < -0.39 is 0 Å². The summed E-state index contributed by atoms with van der Waals surface area (Å²) in [5.41, 5.74) is 3.66. The van der Waals surface area contributed by atoms with Gasteiger partial charge in [0, 0.05) is 35.4 Å². The first kappa shape index (κ1) is 14.6. The minimum Gasteiger partial charge on any atom is -0.496 e. The summed E-state index contributed by atoms with van der Waals surface area (Å²) in [7, 11) is 3.71. The Labute approximate surface area is 130 Å². The zero-order valence-electron chi connectivity index (χ0n) is 13.0. The van der Waals surface area contributed by atoms with Gasteiger partial charge in [0.2, 0.25) is 0 Å². The third kappa shape index (κ3) is 2.70. The summed E-state index contributed by atoms with van der Waals surface area (Å²) in [4.78, 5) is 7.51. The second kappa shape index (κ2) is 6.62. The smallest absolute Gasteiger partial charge is 0.128 e. The van der Waals surface area contributed by atoms with E-state index in [9.17, 15) is 0 Å². The van der Waals surface area contributed by atoms with E-state index >= 15 is 0 Å².